The van der Waals surface area contributed by atoms with E-state index >= 15 is 0 Å². The molecule has 0 saturated carbocycles. The molecule has 0 fully saturated rings. The first-order valence-corrected chi connectivity index (χ1v) is 10.5. The molecule has 0 atom stereocenters. The maximum absolute atomic E-state index is 12.2. The number of nitrogens with zero attached hydrogens (tertiary/aromatic N) is 1. The highest BCUT2D eigenvalue weighted by Crippen LogP contribution is 2.22. The van der Waals surface area contributed by atoms with Crippen LogP contribution < -0.4 is 14.4 Å². The standard InChI is InChI=1S/C20H26N2O4S/c1-15-9-7-11-19(17(15)3)26-13-12-21-20(23)14-22(27(4,24)25)18-10-6-5-8-16(18)2/h5-11H,12-14H2,1-4H3,(H,21,23). The summed E-state index contributed by atoms with van der Waals surface area (Å²) >= 11 is 0. The van der Waals surface area contributed by atoms with Crippen LogP contribution >= 0.6 is 0 Å². The molecule has 2 aromatic carbocycles. The number of anilines is 1. The molecular formula is C20H26N2O4S. The van der Waals surface area contributed by atoms with Crippen molar-refractivity contribution in [2.75, 3.05) is 30.3 Å². The Kier molecular flexibility index (Phi) is 6.85. The van der Waals surface area contributed by atoms with Crippen LogP contribution in [0.15, 0.2) is 42.5 Å². The summed E-state index contributed by atoms with van der Waals surface area (Å²) in [7, 11) is -3.58. The van der Waals surface area contributed by atoms with Crippen LogP contribution in [0, 0.1) is 20.8 Å². The number of para-hydroxylation sites is 1. The molecule has 0 unspecified atom stereocenters. The number of nitrogens with one attached hydrogen (secondary N) is 1. The Balaban J connectivity index is 1.93. The fourth-order valence-corrected chi connectivity index (χ4v) is 3.56. The van der Waals surface area contributed by atoms with E-state index in [9.17, 15) is 13.2 Å². The molecule has 0 aromatic heterocycles. The Morgan fingerprint density at radius 1 is 1.04 bits per heavy atom. The number of ether oxygens (including phenoxy) is 1. The summed E-state index contributed by atoms with van der Waals surface area (Å²) in [5.41, 5.74) is 3.49. The van der Waals surface area contributed by atoms with Crippen LogP contribution in [0.25, 0.3) is 0 Å². The van der Waals surface area contributed by atoms with Gasteiger partial charge in [-0.25, -0.2) is 8.42 Å². The Hall–Kier alpha value is -2.54. The molecule has 1 N–H and O–H groups in total. The molecule has 0 aliphatic rings. The number of hydrogen-bond donors (Lipinski definition) is 1. The first-order valence-electron chi connectivity index (χ1n) is 8.69. The molecule has 0 saturated heterocycles. The number of carbonyl (C=O) groups is 1. The van der Waals surface area contributed by atoms with Crippen LogP contribution in [0.4, 0.5) is 5.69 Å². The van der Waals surface area contributed by atoms with Gasteiger partial charge in [0.25, 0.3) is 0 Å². The number of amides is 1. The summed E-state index contributed by atoms with van der Waals surface area (Å²) in [5, 5.41) is 2.71. The number of carbonyl (C=O) groups excluding carboxylic acids is 1. The van der Waals surface area contributed by atoms with Gasteiger partial charge in [-0.2, -0.15) is 0 Å². The maximum atomic E-state index is 12.2. The number of benzene rings is 2. The van der Waals surface area contributed by atoms with Crippen LogP contribution in [0.5, 0.6) is 5.75 Å². The van der Waals surface area contributed by atoms with E-state index in [0.717, 1.165) is 33.0 Å². The third kappa shape index (κ3) is 5.72. The third-order valence-electron chi connectivity index (χ3n) is 4.31. The van der Waals surface area contributed by atoms with E-state index in [1.165, 1.54) is 0 Å². The van der Waals surface area contributed by atoms with Gasteiger partial charge < -0.3 is 10.1 Å². The predicted molar refractivity (Wildman–Crippen MR) is 108 cm³/mol. The molecule has 7 heteroatoms. The minimum atomic E-state index is -3.58. The molecule has 0 radical (unpaired) electrons. The quantitative estimate of drug-likeness (QED) is 0.703. The lowest BCUT2D eigenvalue weighted by Gasteiger charge is -2.23. The average Bonchev–Trinajstić information content (AvgIpc) is 2.60. The normalized spacial score (nSPS) is 11.1. The highest BCUT2D eigenvalue weighted by Gasteiger charge is 2.21. The van der Waals surface area contributed by atoms with Crippen molar-refractivity contribution < 1.29 is 17.9 Å². The zero-order chi connectivity index (χ0) is 20.0. The molecule has 2 aromatic rings. The van der Waals surface area contributed by atoms with E-state index in [0.29, 0.717) is 12.3 Å². The lowest BCUT2D eigenvalue weighted by molar-refractivity contribution is -0.119. The van der Waals surface area contributed by atoms with E-state index in [-0.39, 0.29) is 19.0 Å². The van der Waals surface area contributed by atoms with Gasteiger partial charge >= 0.3 is 0 Å². The van der Waals surface area contributed by atoms with Gasteiger partial charge in [-0.05, 0) is 49.6 Å². The smallest absolute Gasteiger partial charge is 0.240 e. The van der Waals surface area contributed by atoms with E-state index < -0.39 is 10.0 Å². The van der Waals surface area contributed by atoms with Crippen molar-refractivity contribution in [1.29, 1.82) is 0 Å². The van der Waals surface area contributed by atoms with Crippen LogP contribution in [-0.4, -0.2) is 40.3 Å². The molecule has 0 spiro atoms. The lowest BCUT2D eigenvalue weighted by atomic mass is 10.1. The second kappa shape index (κ2) is 8.90. The minimum Gasteiger partial charge on any atom is -0.491 e. The van der Waals surface area contributed by atoms with Crippen molar-refractivity contribution >= 4 is 21.6 Å². The van der Waals surface area contributed by atoms with E-state index in [4.69, 9.17) is 4.74 Å². The van der Waals surface area contributed by atoms with Crippen molar-refractivity contribution in [3.8, 4) is 5.75 Å². The van der Waals surface area contributed by atoms with Gasteiger partial charge in [0.1, 0.15) is 18.9 Å². The van der Waals surface area contributed by atoms with Crippen LogP contribution in [-0.2, 0) is 14.8 Å². The first-order chi connectivity index (χ1) is 12.7. The second-order valence-electron chi connectivity index (χ2n) is 6.45. The maximum Gasteiger partial charge on any atom is 0.240 e. The Morgan fingerprint density at radius 3 is 2.37 bits per heavy atom. The van der Waals surface area contributed by atoms with Crippen molar-refractivity contribution in [2.45, 2.75) is 20.8 Å². The van der Waals surface area contributed by atoms with E-state index in [1.807, 2.05) is 51.1 Å². The summed E-state index contributed by atoms with van der Waals surface area (Å²) in [6.07, 6.45) is 1.09. The van der Waals surface area contributed by atoms with Gasteiger partial charge in [0.05, 0.1) is 18.5 Å². The topological polar surface area (TPSA) is 75.7 Å². The average molecular weight is 391 g/mol. The molecule has 2 rings (SSSR count). The fourth-order valence-electron chi connectivity index (χ4n) is 2.64. The number of rotatable bonds is 8. The Bertz CT molecular complexity index is 910. The number of sulfonamides is 1. The predicted octanol–water partition coefficient (Wildman–Crippen LogP) is 2.57. The molecule has 27 heavy (non-hydrogen) atoms. The van der Waals surface area contributed by atoms with Gasteiger partial charge in [-0.1, -0.05) is 30.3 Å². The summed E-state index contributed by atoms with van der Waals surface area (Å²) in [6, 6.07) is 12.9. The number of hydrogen-bond acceptors (Lipinski definition) is 4. The molecular weight excluding hydrogens is 364 g/mol. The highest BCUT2D eigenvalue weighted by atomic mass is 32.2. The van der Waals surface area contributed by atoms with Gasteiger partial charge in [-0.15, -0.1) is 0 Å². The van der Waals surface area contributed by atoms with Gasteiger partial charge in [-0.3, -0.25) is 9.10 Å². The van der Waals surface area contributed by atoms with Crippen molar-refractivity contribution in [3.05, 3.63) is 59.2 Å². The monoisotopic (exact) mass is 390 g/mol. The Morgan fingerprint density at radius 2 is 1.70 bits per heavy atom. The molecule has 1 amide bonds. The van der Waals surface area contributed by atoms with E-state index in [1.54, 1.807) is 12.1 Å². The number of aryl methyl sites for hydroxylation is 2. The SMILES string of the molecule is Cc1ccccc1N(CC(=O)NCCOc1cccc(C)c1C)S(C)(=O)=O. The minimum absolute atomic E-state index is 0.271. The van der Waals surface area contributed by atoms with Crippen molar-refractivity contribution in [1.82, 2.24) is 5.32 Å². The van der Waals surface area contributed by atoms with E-state index in [2.05, 4.69) is 5.32 Å². The molecule has 0 aliphatic heterocycles. The van der Waals surface area contributed by atoms with Crippen LogP contribution in [0.2, 0.25) is 0 Å². The van der Waals surface area contributed by atoms with Crippen molar-refractivity contribution in [2.24, 2.45) is 0 Å². The molecule has 6 nitrogen and oxygen atoms in total. The molecule has 0 bridgehead atoms. The first kappa shape index (κ1) is 20.8. The molecule has 0 aliphatic carbocycles. The fraction of sp³-hybridized carbons (Fsp3) is 0.350. The second-order valence-corrected chi connectivity index (χ2v) is 8.36. The third-order valence-corrected chi connectivity index (χ3v) is 5.43. The van der Waals surface area contributed by atoms with Gasteiger partial charge in [0.2, 0.25) is 15.9 Å². The summed E-state index contributed by atoms with van der Waals surface area (Å²) in [5.74, 6) is 0.398. The zero-order valence-corrected chi connectivity index (χ0v) is 17.0. The van der Waals surface area contributed by atoms with Gasteiger partial charge in [0.15, 0.2) is 0 Å². The van der Waals surface area contributed by atoms with Crippen LogP contribution in [0.3, 0.4) is 0 Å². The molecule has 0 heterocycles. The highest BCUT2D eigenvalue weighted by molar-refractivity contribution is 7.92. The largest absolute Gasteiger partial charge is 0.491 e. The summed E-state index contributed by atoms with van der Waals surface area (Å²) in [4.78, 5) is 12.2. The summed E-state index contributed by atoms with van der Waals surface area (Å²) < 4.78 is 31.1. The Labute approximate surface area is 161 Å². The van der Waals surface area contributed by atoms with Gasteiger partial charge in [0, 0.05) is 0 Å². The van der Waals surface area contributed by atoms with Crippen LogP contribution in [0.1, 0.15) is 16.7 Å². The summed E-state index contributed by atoms with van der Waals surface area (Å²) in [6.45, 7) is 6.12. The zero-order valence-electron chi connectivity index (χ0n) is 16.2. The lowest BCUT2D eigenvalue weighted by Crippen LogP contribution is -2.41. The van der Waals surface area contributed by atoms with Crippen molar-refractivity contribution in [3.63, 3.8) is 0 Å². The molecule has 146 valence electrons.